The van der Waals surface area contributed by atoms with Gasteiger partial charge >= 0.3 is 0 Å². The van der Waals surface area contributed by atoms with Crippen LogP contribution in [-0.4, -0.2) is 6.08 Å². The normalized spacial score (nSPS) is 14.0. The average molecular weight is 309 g/mol. The summed E-state index contributed by atoms with van der Waals surface area (Å²) in [6, 6.07) is 26.1. The van der Waals surface area contributed by atoms with Crippen LogP contribution in [0.4, 0.5) is 0 Å². The van der Waals surface area contributed by atoms with Gasteiger partial charge in [-0.3, -0.25) is 0 Å². The lowest BCUT2D eigenvalue weighted by Crippen LogP contribution is -2.28. The van der Waals surface area contributed by atoms with Gasteiger partial charge in [0, 0.05) is 0 Å². The minimum Gasteiger partial charge on any atom is -0.211 e. The molecule has 1 aliphatic carbocycles. The highest BCUT2D eigenvalue weighted by molar-refractivity contribution is 5.79. The van der Waals surface area contributed by atoms with E-state index in [0.29, 0.717) is 0 Å². The van der Waals surface area contributed by atoms with Crippen LogP contribution in [0.3, 0.4) is 0 Å². The summed E-state index contributed by atoms with van der Waals surface area (Å²) in [7, 11) is 0. The number of hydrogen-bond acceptors (Lipinski definition) is 2. The maximum atomic E-state index is 11.5. The highest BCUT2D eigenvalue weighted by Crippen LogP contribution is 2.45. The van der Waals surface area contributed by atoms with Gasteiger partial charge in [-0.15, -0.1) is 0 Å². The minimum atomic E-state index is -0.889. The van der Waals surface area contributed by atoms with E-state index in [-0.39, 0.29) is 0 Å². The van der Waals surface area contributed by atoms with E-state index in [1.807, 2.05) is 72.8 Å². The third-order valence-corrected chi connectivity index (χ3v) is 4.55. The lowest BCUT2D eigenvalue weighted by molar-refractivity contribution is 0.550. The standard InChI is InChI=1S/C22H15NO/c24-16-23-22(19-10-2-1-3-11-19)20-12-6-4-8-17(20)14-15-18-9-5-7-13-21(18)22/h1-15H. The maximum absolute atomic E-state index is 11.5. The summed E-state index contributed by atoms with van der Waals surface area (Å²) in [4.78, 5) is 15.9. The molecule has 0 aliphatic heterocycles. The molecule has 0 saturated heterocycles. The van der Waals surface area contributed by atoms with Crippen LogP contribution in [0.15, 0.2) is 83.9 Å². The predicted molar refractivity (Wildman–Crippen MR) is 96.3 cm³/mol. The predicted octanol–water partition coefficient (Wildman–Crippen LogP) is 4.80. The van der Waals surface area contributed by atoms with Crippen LogP contribution in [0.5, 0.6) is 0 Å². The number of aliphatic imine (C=N–C) groups is 1. The molecular weight excluding hydrogens is 294 g/mol. The molecule has 0 saturated carbocycles. The van der Waals surface area contributed by atoms with E-state index in [0.717, 1.165) is 27.8 Å². The molecule has 0 N–H and O–H groups in total. The van der Waals surface area contributed by atoms with Crippen molar-refractivity contribution in [3.05, 3.63) is 107 Å². The van der Waals surface area contributed by atoms with Gasteiger partial charge in [-0.25, -0.2) is 4.79 Å². The topological polar surface area (TPSA) is 29.4 Å². The molecule has 0 aromatic heterocycles. The fourth-order valence-electron chi connectivity index (χ4n) is 3.51. The highest BCUT2D eigenvalue weighted by atomic mass is 16.1. The van der Waals surface area contributed by atoms with E-state index in [1.54, 1.807) is 0 Å². The average Bonchev–Trinajstić information content (AvgIpc) is 2.79. The van der Waals surface area contributed by atoms with Crippen molar-refractivity contribution in [2.75, 3.05) is 0 Å². The zero-order chi connectivity index (χ0) is 16.4. The maximum Gasteiger partial charge on any atom is 0.236 e. The molecule has 0 spiro atoms. The number of isocyanates is 1. The molecule has 2 nitrogen and oxygen atoms in total. The fourth-order valence-corrected chi connectivity index (χ4v) is 3.51. The number of carbonyl (C=O) groups excluding carboxylic acids is 1. The van der Waals surface area contributed by atoms with Gasteiger partial charge < -0.3 is 0 Å². The quantitative estimate of drug-likeness (QED) is 0.494. The van der Waals surface area contributed by atoms with Crippen molar-refractivity contribution in [2.45, 2.75) is 5.54 Å². The van der Waals surface area contributed by atoms with Crippen molar-refractivity contribution >= 4 is 18.2 Å². The molecule has 0 atom stereocenters. The Morgan fingerprint density at radius 2 is 1.17 bits per heavy atom. The van der Waals surface area contributed by atoms with Gasteiger partial charge in [-0.1, -0.05) is 91.0 Å². The summed E-state index contributed by atoms with van der Waals surface area (Å²) < 4.78 is 0. The number of fused-ring (bicyclic) bond motifs is 2. The van der Waals surface area contributed by atoms with E-state index in [2.05, 4.69) is 29.3 Å². The van der Waals surface area contributed by atoms with Crippen LogP contribution in [0.25, 0.3) is 12.2 Å². The second kappa shape index (κ2) is 5.77. The summed E-state index contributed by atoms with van der Waals surface area (Å²) in [5.41, 5.74) is 4.14. The van der Waals surface area contributed by atoms with Gasteiger partial charge in [0.15, 0.2) is 0 Å². The first-order chi connectivity index (χ1) is 11.9. The first kappa shape index (κ1) is 14.4. The summed E-state index contributed by atoms with van der Waals surface area (Å²) in [6.45, 7) is 0. The molecule has 1 aliphatic rings. The lowest BCUT2D eigenvalue weighted by atomic mass is 9.75. The van der Waals surface area contributed by atoms with E-state index in [1.165, 1.54) is 0 Å². The Kier molecular flexibility index (Phi) is 3.45. The van der Waals surface area contributed by atoms with Crippen LogP contribution in [0, 0.1) is 0 Å². The molecule has 0 unspecified atom stereocenters. The van der Waals surface area contributed by atoms with Crippen LogP contribution < -0.4 is 0 Å². The number of nitrogens with zero attached hydrogens (tertiary/aromatic N) is 1. The van der Waals surface area contributed by atoms with Gasteiger partial charge in [0.05, 0.1) is 0 Å². The van der Waals surface area contributed by atoms with Crippen LogP contribution in [-0.2, 0) is 10.3 Å². The molecular formula is C22H15NO. The Morgan fingerprint density at radius 3 is 1.71 bits per heavy atom. The van der Waals surface area contributed by atoms with Gasteiger partial charge in [0.1, 0.15) is 5.54 Å². The minimum absolute atomic E-state index is 0.889. The molecule has 114 valence electrons. The van der Waals surface area contributed by atoms with E-state index in [4.69, 9.17) is 0 Å². The number of rotatable bonds is 2. The van der Waals surface area contributed by atoms with Crippen LogP contribution in [0.1, 0.15) is 27.8 Å². The monoisotopic (exact) mass is 309 g/mol. The Hall–Kier alpha value is -3.22. The van der Waals surface area contributed by atoms with Gasteiger partial charge in [0.2, 0.25) is 6.08 Å². The van der Waals surface area contributed by atoms with Crippen molar-refractivity contribution < 1.29 is 4.79 Å². The molecule has 0 amide bonds. The second-order valence-electron chi connectivity index (χ2n) is 5.79. The molecule has 0 heterocycles. The SMILES string of the molecule is O=C=NC1(c2ccccc2)c2ccccc2C=Cc2ccccc21. The van der Waals surface area contributed by atoms with Gasteiger partial charge in [0.25, 0.3) is 0 Å². The number of hydrogen-bond donors (Lipinski definition) is 0. The first-order valence-electron chi connectivity index (χ1n) is 7.88. The highest BCUT2D eigenvalue weighted by Gasteiger charge is 2.40. The van der Waals surface area contributed by atoms with E-state index < -0.39 is 5.54 Å². The van der Waals surface area contributed by atoms with Crippen LogP contribution >= 0.6 is 0 Å². The summed E-state index contributed by atoms with van der Waals surface area (Å²) >= 11 is 0. The van der Waals surface area contributed by atoms with Gasteiger partial charge in [-0.2, -0.15) is 4.99 Å². The second-order valence-corrected chi connectivity index (χ2v) is 5.79. The van der Waals surface area contributed by atoms with Crippen molar-refractivity contribution in [1.82, 2.24) is 0 Å². The number of benzene rings is 3. The first-order valence-corrected chi connectivity index (χ1v) is 7.88. The van der Waals surface area contributed by atoms with E-state index in [9.17, 15) is 4.79 Å². The lowest BCUT2D eigenvalue weighted by Gasteiger charge is -2.31. The molecule has 0 radical (unpaired) electrons. The fraction of sp³-hybridized carbons (Fsp3) is 0.0455. The molecule has 3 aromatic rings. The Bertz CT molecular complexity index is 917. The summed E-state index contributed by atoms with van der Waals surface area (Å²) in [6.07, 6.45) is 6.00. The van der Waals surface area contributed by atoms with Crippen molar-refractivity contribution in [3.63, 3.8) is 0 Å². The van der Waals surface area contributed by atoms with Crippen molar-refractivity contribution in [1.29, 1.82) is 0 Å². The molecule has 2 heteroatoms. The van der Waals surface area contributed by atoms with Gasteiger partial charge in [-0.05, 0) is 27.8 Å². The summed E-state index contributed by atoms with van der Waals surface area (Å²) in [5, 5.41) is 0. The Morgan fingerprint density at radius 1 is 0.667 bits per heavy atom. The molecule has 0 bridgehead atoms. The Balaban J connectivity index is 2.19. The van der Waals surface area contributed by atoms with Crippen molar-refractivity contribution in [3.8, 4) is 0 Å². The zero-order valence-electron chi connectivity index (χ0n) is 13.0. The summed E-state index contributed by atoms with van der Waals surface area (Å²) in [5.74, 6) is 0. The molecule has 0 fully saturated rings. The third-order valence-electron chi connectivity index (χ3n) is 4.55. The van der Waals surface area contributed by atoms with Crippen LogP contribution in [0.2, 0.25) is 0 Å². The molecule has 4 rings (SSSR count). The third kappa shape index (κ3) is 2.05. The van der Waals surface area contributed by atoms with Crippen molar-refractivity contribution in [2.24, 2.45) is 4.99 Å². The zero-order valence-corrected chi connectivity index (χ0v) is 13.0. The smallest absolute Gasteiger partial charge is 0.211 e. The molecule has 3 aromatic carbocycles. The largest absolute Gasteiger partial charge is 0.236 e. The van der Waals surface area contributed by atoms with E-state index >= 15 is 0 Å². The Labute approximate surface area is 140 Å². The molecule has 24 heavy (non-hydrogen) atoms.